The molecule has 3 atom stereocenters. The number of amides is 1. The smallest absolute Gasteiger partial charge is 0.220 e. The Morgan fingerprint density at radius 3 is 2.85 bits per heavy atom. The lowest BCUT2D eigenvalue weighted by Crippen LogP contribution is -2.40. The van der Waals surface area contributed by atoms with Gasteiger partial charge < -0.3 is 10.6 Å². The monoisotopic (exact) mass is 273 g/mol. The average molecular weight is 273 g/mol. The van der Waals surface area contributed by atoms with Gasteiger partial charge in [-0.2, -0.15) is 0 Å². The fourth-order valence-corrected chi connectivity index (χ4v) is 3.62. The molecule has 4 nitrogen and oxygen atoms in total. The number of rotatable bonds is 4. The van der Waals surface area contributed by atoms with Crippen LogP contribution < -0.4 is 10.6 Å². The summed E-state index contributed by atoms with van der Waals surface area (Å²) in [5.41, 5.74) is 1.06. The molecule has 2 bridgehead atoms. The van der Waals surface area contributed by atoms with Gasteiger partial charge >= 0.3 is 0 Å². The molecule has 0 aromatic carbocycles. The number of pyridine rings is 1. The molecule has 2 aliphatic heterocycles. The Kier molecular flexibility index (Phi) is 4.01. The molecule has 2 aliphatic rings. The van der Waals surface area contributed by atoms with Gasteiger partial charge in [0.25, 0.3) is 0 Å². The van der Waals surface area contributed by atoms with Gasteiger partial charge in [-0.3, -0.25) is 9.78 Å². The highest BCUT2D eigenvalue weighted by Gasteiger charge is 2.34. The molecule has 2 saturated heterocycles. The van der Waals surface area contributed by atoms with Gasteiger partial charge in [0.05, 0.1) is 6.04 Å². The summed E-state index contributed by atoms with van der Waals surface area (Å²) in [5.74, 6) is 0.725. The summed E-state index contributed by atoms with van der Waals surface area (Å²) in [6.45, 7) is 2.01. The van der Waals surface area contributed by atoms with Crippen LogP contribution in [0.4, 0.5) is 0 Å². The molecule has 0 saturated carbocycles. The van der Waals surface area contributed by atoms with Gasteiger partial charge in [-0.1, -0.05) is 6.07 Å². The Labute approximate surface area is 120 Å². The van der Waals surface area contributed by atoms with Crippen LogP contribution in [0.3, 0.4) is 0 Å². The molecule has 2 unspecified atom stereocenters. The fraction of sp³-hybridized carbons (Fsp3) is 0.625. The maximum Gasteiger partial charge on any atom is 0.220 e. The van der Waals surface area contributed by atoms with Crippen molar-refractivity contribution in [1.82, 2.24) is 15.6 Å². The van der Waals surface area contributed by atoms with Gasteiger partial charge in [-0.15, -0.1) is 0 Å². The molecular weight excluding hydrogens is 250 g/mol. The largest absolute Gasteiger partial charge is 0.350 e. The zero-order valence-corrected chi connectivity index (χ0v) is 12.0. The molecule has 1 aromatic heterocycles. The predicted octanol–water partition coefficient (Wildman–Crippen LogP) is 2.18. The SMILES string of the molecule is C[C@@H](NC(=O)CC1CC2CCC(C1)N2)c1cccnc1. The summed E-state index contributed by atoms with van der Waals surface area (Å²) >= 11 is 0. The van der Waals surface area contributed by atoms with Crippen LogP contribution in [0.1, 0.15) is 50.6 Å². The molecular formula is C16H23N3O. The van der Waals surface area contributed by atoms with Crippen LogP contribution in [0.2, 0.25) is 0 Å². The van der Waals surface area contributed by atoms with E-state index >= 15 is 0 Å². The second kappa shape index (κ2) is 5.92. The van der Waals surface area contributed by atoms with E-state index < -0.39 is 0 Å². The van der Waals surface area contributed by atoms with E-state index in [-0.39, 0.29) is 11.9 Å². The van der Waals surface area contributed by atoms with Crippen molar-refractivity contribution in [1.29, 1.82) is 0 Å². The summed E-state index contributed by atoms with van der Waals surface area (Å²) in [6, 6.07) is 5.25. The fourth-order valence-electron chi connectivity index (χ4n) is 3.62. The first-order valence-corrected chi connectivity index (χ1v) is 7.66. The normalized spacial score (nSPS) is 29.9. The quantitative estimate of drug-likeness (QED) is 0.884. The summed E-state index contributed by atoms with van der Waals surface area (Å²) in [5, 5.41) is 6.71. The van der Waals surface area contributed by atoms with Crippen molar-refractivity contribution in [3.63, 3.8) is 0 Å². The van der Waals surface area contributed by atoms with Crippen LogP contribution in [-0.4, -0.2) is 23.0 Å². The van der Waals surface area contributed by atoms with Crippen molar-refractivity contribution < 1.29 is 4.79 Å². The van der Waals surface area contributed by atoms with Gasteiger partial charge in [0.15, 0.2) is 0 Å². The van der Waals surface area contributed by atoms with Crippen LogP contribution in [0, 0.1) is 5.92 Å². The number of fused-ring (bicyclic) bond motifs is 2. The van der Waals surface area contributed by atoms with E-state index in [1.54, 1.807) is 6.20 Å². The van der Waals surface area contributed by atoms with Crippen molar-refractivity contribution in [2.24, 2.45) is 5.92 Å². The maximum atomic E-state index is 12.2. The van der Waals surface area contributed by atoms with Gasteiger partial charge in [0, 0.05) is 30.9 Å². The molecule has 2 N–H and O–H groups in total. The van der Waals surface area contributed by atoms with Crippen LogP contribution in [0.15, 0.2) is 24.5 Å². The second-order valence-corrected chi connectivity index (χ2v) is 6.25. The number of hydrogen-bond acceptors (Lipinski definition) is 3. The minimum absolute atomic E-state index is 0.0367. The minimum Gasteiger partial charge on any atom is -0.350 e. The molecule has 0 aliphatic carbocycles. The molecule has 3 rings (SSSR count). The third kappa shape index (κ3) is 3.18. The topological polar surface area (TPSA) is 54.0 Å². The molecule has 1 aromatic rings. The molecule has 0 spiro atoms. The van der Waals surface area contributed by atoms with E-state index in [4.69, 9.17) is 0 Å². The maximum absolute atomic E-state index is 12.2. The van der Waals surface area contributed by atoms with E-state index in [2.05, 4.69) is 15.6 Å². The van der Waals surface area contributed by atoms with Gasteiger partial charge in [0.1, 0.15) is 0 Å². The van der Waals surface area contributed by atoms with Crippen LogP contribution in [0.25, 0.3) is 0 Å². The first-order chi connectivity index (χ1) is 9.70. The lowest BCUT2D eigenvalue weighted by Gasteiger charge is -2.29. The van der Waals surface area contributed by atoms with Crippen LogP contribution in [0.5, 0.6) is 0 Å². The molecule has 1 amide bonds. The first kappa shape index (κ1) is 13.6. The van der Waals surface area contributed by atoms with Gasteiger partial charge in [-0.25, -0.2) is 0 Å². The summed E-state index contributed by atoms with van der Waals surface area (Å²) in [4.78, 5) is 16.3. The number of nitrogens with one attached hydrogen (secondary N) is 2. The molecule has 0 radical (unpaired) electrons. The summed E-state index contributed by atoms with van der Waals surface area (Å²) < 4.78 is 0. The molecule has 20 heavy (non-hydrogen) atoms. The average Bonchev–Trinajstić information content (AvgIpc) is 2.78. The number of nitrogens with zero attached hydrogens (tertiary/aromatic N) is 1. The highest BCUT2D eigenvalue weighted by Crippen LogP contribution is 2.32. The number of carbonyl (C=O) groups excluding carboxylic acids is 1. The number of aromatic nitrogens is 1. The number of piperidine rings is 1. The number of hydrogen-bond donors (Lipinski definition) is 2. The lowest BCUT2D eigenvalue weighted by molar-refractivity contribution is -0.122. The van der Waals surface area contributed by atoms with Crippen molar-refractivity contribution in [2.75, 3.05) is 0 Å². The van der Waals surface area contributed by atoms with Crippen molar-refractivity contribution in [3.8, 4) is 0 Å². The third-order valence-corrected chi connectivity index (χ3v) is 4.61. The summed E-state index contributed by atoms with van der Waals surface area (Å²) in [6.07, 6.45) is 9.12. The molecule has 2 fully saturated rings. The van der Waals surface area contributed by atoms with Crippen molar-refractivity contribution in [3.05, 3.63) is 30.1 Å². The van der Waals surface area contributed by atoms with E-state index in [1.165, 1.54) is 12.8 Å². The Balaban J connectivity index is 1.50. The molecule has 108 valence electrons. The van der Waals surface area contributed by atoms with Crippen LogP contribution in [-0.2, 0) is 4.79 Å². The van der Waals surface area contributed by atoms with Crippen molar-refractivity contribution >= 4 is 5.91 Å². The Bertz CT molecular complexity index is 450. The predicted molar refractivity (Wildman–Crippen MR) is 78.1 cm³/mol. The summed E-state index contributed by atoms with van der Waals surface area (Å²) in [7, 11) is 0. The van der Waals surface area contributed by atoms with E-state index in [0.717, 1.165) is 18.4 Å². The second-order valence-electron chi connectivity index (χ2n) is 6.25. The third-order valence-electron chi connectivity index (χ3n) is 4.61. The lowest BCUT2D eigenvalue weighted by atomic mass is 9.89. The number of carbonyl (C=O) groups is 1. The van der Waals surface area contributed by atoms with Gasteiger partial charge in [0.2, 0.25) is 5.91 Å². The highest BCUT2D eigenvalue weighted by atomic mass is 16.1. The molecule has 3 heterocycles. The minimum atomic E-state index is 0.0367. The zero-order chi connectivity index (χ0) is 13.9. The highest BCUT2D eigenvalue weighted by molar-refractivity contribution is 5.76. The van der Waals surface area contributed by atoms with Crippen LogP contribution >= 0.6 is 0 Å². The van der Waals surface area contributed by atoms with Crippen molar-refractivity contribution in [2.45, 2.75) is 57.2 Å². The Morgan fingerprint density at radius 1 is 1.45 bits per heavy atom. The van der Waals surface area contributed by atoms with Gasteiger partial charge in [-0.05, 0) is 50.2 Å². The zero-order valence-electron chi connectivity index (χ0n) is 12.0. The standard InChI is InChI=1S/C16H23N3O/c1-11(13-3-2-6-17-10-13)18-16(20)9-12-7-14-4-5-15(8-12)19-14/h2-3,6,10-12,14-15,19H,4-5,7-9H2,1H3,(H,18,20)/t11-,12?,14?,15?/m1/s1. The first-order valence-electron chi connectivity index (χ1n) is 7.66. The Hall–Kier alpha value is -1.42. The van der Waals surface area contributed by atoms with E-state index in [9.17, 15) is 4.79 Å². The van der Waals surface area contributed by atoms with E-state index in [1.807, 2.05) is 25.3 Å². The van der Waals surface area contributed by atoms with E-state index in [0.29, 0.717) is 24.4 Å². The molecule has 4 heteroatoms. The Morgan fingerprint density at radius 2 is 2.20 bits per heavy atom.